The number of hydrogen-bond donors (Lipinski definition) is 2. The summed E-state index contributed by atoms with van der Waals surface area (Å²) in [4.78, 5) is 44.5. The van der Waals surface area contributed by atoms with Crippen LogP contribution in [0.5, 0.6) is 0 Å². The normalized spacial score (nSPS) is 21.4. The third-order valence-corrected chi connectivity index (χ3v) is 6.79. The third-order valence-electron chi connectivity index (χ3n) is 5.81. The maximum atomic E-state index is 13.3. The van der Waals surface area contributed by atoms with Gasteiger partial charge in [-0.1, -0.05) is 18.2 Å². The van der Waals surface area contributed by atoms with Crippen molar-refractivity contribution in [3.63, 3.8) is 0 Å². The molecule has 1 saturated heterocycles. The van der Waals surface area contributed by atoms with Crippen LogP contribution in [0.15, 0.2) is 35.7 Å². The fraction of sp³-hybridized carbons (Fsp3) is 0.286. The number of ketones is 1. The number of carbonyl (C=O) groups excluding carboxylic acids is 3. The van der Waals surface area contributed by atoms with Gasteiger partial charge in [0.15, 0.2) is 5.78 Å². The zero-order valence-electron chi connectivity index (χ0n) is 15.4. The maximum absolute atomic E-state index is 13.3. The molecule has 0 unspecified atom stereocenters. The summed E-state index contributed by atoms with van der Waals surface area (Å²) in [6.07, 6.45) is 2.33. The summed E-state index contributed by atoms with van der Waals surface area (Å²) in [6.45, 7) is 1.58. The van der Waals surface area contributed by atoms with Gasteiger partial charge in [-0.05, 0) is 43.7 Å². The average Bonchev–Trinajstić information content (AvgIpc) is 3.34. The molecule has 7 heteroatoms. The van der Waals surface area contributed by atoms with E-state index in [9.17, 15) is 14.4 Å². The smallest absolute Gasteiger partial charge is 0.325 e. The second-order valence-corrected chi connectivity index (χ2v) is 8.43. The predicted molar refractivity (Wildman–Crippen MR) is 107 cm³/mol. The molecule has 3 aromatic rings. The summed E-state index contributed by atoms with van der Waals surface area (Å²) >= 11 is 1.61. The van der Waals surface area contributed by atoms with E-state index < -0.39 is 11.6 Å². The maximum Gasteiger partial charge on any atom is 0.325 e. The molecule has 2 aromatic heterocycles. The zero-order chi connectivity index (χ0) is 19.5. The van der Waals surface area contributed by atoms with Gasteiger partial charge in [0.1, 0.15) is 5.54 Å². The van der Waals surface area contributed by atoms with E-state index in [4.69, 9.17) is 0 Å². The molecule has 2 aliphatic rings. The van der Waals surface area contributed by atoms with Gasteiger partial charge in [0.05, 0.1) is 6.54 Å². The molecular weight excluding hydrogens is 374 g/mol. The Morgan fingerprint density at radius 3 is 2.93 bits per heavy atom. The topological polar surface area (TPSA) is 82.3 Å². The minimum absolute atomic E-state index is 0.239. The van der Waals surface area contributed by atoms with Gasteiger partial charge in [-0.3, -0.25) is 14.5 Å². The number of benzene rings is 1. The number of Topliss-reactive ketones (excluding diaryl/α,β-unsaturated/α-hetero) is 1. The number of hydrogen-bond acceptors (Lipinski definition) is 4. The van der Waals surface area contributed by atoms with E-state index in [1.165, 1.54) is 0 Å². The lowest BCUT2D eigenvalue weighted by Gasteiger charge is -2.31. The predicted octanol–water partition coefficient (Wildman–Crippen LogP) is 3.50. The molecule has 3 heterocycles. The van der Waals surface area contributed by atoms with E-state index in [1.807, 2.05) is 42.6 Å². The number of fused-ring (bicyclic) bond motifs is 3. The molecule has 6 nitrogen and oxygen atoms in total. The van der Waals surface area contributed by atoms with E-state index in [0.29, 0.717) is 12.0 Å². The minimum Gasteiger partial charge on any atom is -0.358 e. The lowest BCUT2D eigenvalue weighted by atomic mass is 9.80. The van der Waals surface area contributed by atoms with Crippen LogP contribution < -0.4 is 5.32 Å². The Morgan fingerprint density at radius 1 is 1.25 bits per heavy atom. The Labute approximate surface area is 165 Å². The second kappa shape index (κ2) is 6.04. The van der Waals surface area contributed by atoms with E-state index in [2.05, 4.69) is 10.3 Å². The van der Waals surface area contributed by atoms with Gasteiger partial charge < -0.3 is 10.3 Å². The molecule has 1 aliphatic heterocycles. The Balaban J connectivity index is 1.48. The molecule has 1 fully saturated rings. The first-order chi connectivity index (χ1) is 13.5. The largest absolute Gasteiger partial charge is 0.358 e. The molecule has 0 saturated carbocycles. The number of H-pyrrole nitrogens is 1. The van der Waals surface area contributed by atoms with Gasteiger partial charge in [0.25, 0.3) is 5.91 Å². The highest BCUT2D eigenvalue weighted by Gasteiger charge is 2.54. The first kappa shape index (κ1) is 17.2. The number of nitrogens with zero attached hydrogens (tertiary/aromatic N) is 1. The summed E-state index contributed by atoms with van der Waals surface area (Å²) in [5, 5.41) is 5.67. The summed E-state index contributed by atoms with van der Waals surface area (Å²) in [5.41, 5.74) is 2.02. The van der Waals surface area contributed by atoms with Crippen molar-refractivity contribution in [1.29, 1.82) is 0 Å². The molecule has 2 N–H and O–H groups in total. The standard InChI is InChI=1S/C21H19N3O3S/c1-12-18(13-5-2-3-6-15(13)22-12)16(25)11-24-19(26)21(23-20(24)27)9-4-7-17-14(21)8-10-28-17/h2-3,5-6,8,10,22H,4,7,9,11H2,1H3,(H,23,27)/t21-/m0/s1. The first-order valence-electron chi connectivity index (χ1n) is 9.33. The average molecular weight is 393 g/mol. The Bertz CT molecular complexity index is 1140. The molecule has 1 aliphatic carbocycles. The number of carbonyl (C=O) groups is 3. The summed E-state index contributed by atoms with van der Waals surface area (Å²) in [6, 6.07) is 8.98. The number of rotatable bonds is 3. The second-order valence-electron chi connectivity index (χ2n) is 7.43. The minimum atomic E-state index is -1.01. The highest BCUT2D eigenvalue weighted by molar-refractivity contribution is 7.10. The van der Waals surface area contributed by atoms with Crippen molar-refractivity contribution in [2.75, 3.05) is 6.54 Å². The number of urea groups is 1. The number of imide groups is 1. The van der Waals surface area contributed by atoms with Crippen molar-refractivity contribution >= 4 is 40.0 Å². The summed E-state index contributed by atoms with van der Waals surface area (Å²) in [5.74, 6) is -0.556. The van der Waals surface area contributed by atoms with Crippen LogP contribution in [0.2, 0.25) is 0 Å². The van der Waals surface area contributed by atoms with Crippen LogP contribution in [-0.4, -0.2) is 34.2 Å². The highest BCUT2D eigenvalue weighted by Crippen LogP contribution is 2.42. The Hall–Kier alpha value is -2.93. The number of aromatic amines is 1. The SMILES string of the molecule is Cc1[nH]c2ccccc2c1C(=O)CN1C(=O)N[C@]2(CCCc3sccc32)C1=O. The van der Waals surface area contributed by atoms with Gasteiger partial charge in [0.2, 0.25) is 0 Å². The van der Waals surface area contributed by atoms with Crippen LogP contribution in [0, 0.1) is 6.92 Å². The van der Waals surface area contributed by atoms with Gasteiger partial charge in [-0.2, -0.15) is 0 Å². The fourth-order valence-corrected chi connectivity index (χ4v) is 5.54. The highest BCUT2D eigenvalue weighted by atomic mass is 32.1. The zero-order valence-corrected chi connectivity index (χ0v) is 16.2. The number of nitrogens with one attached hydrogen (secondary N) is 2. The van der Waals surface area contributed by atoms with Crippen LogP contribution in [-0.2, 0) is 16.8 Å². The van der Waals surface area contributed by atoms with Crippen LogP contribution >= 0.6 is 11.3 Å². The number of amides is 3. The molecule has 1 spiro atoms. The molecule has 3 amide bonds. The molecule has 28 heavy (non-hydrogen) atoms. The molecule has 0 radical (unpaired) electrons. The van der Waals surface area contributed by atoms with E-state index in [-0.39, 0.29) is 18.2 Å². The molecule has 1 aromatic carbocycles. The monoisotopic (exact) mass is 393 g/mol. The lowest BCUT2D eigenvalue weighted by molar-refractivity contribution is -0.131. The van der Waals surface area contributed by atoms with Crippen LogP contribution in [0.4, 0.5) is 4.79 Å². The quantitative estimate of drug-likeness (QED) is 0.528. The summed E-state index contributed by atoms with van der Waals surface area (Å²) in [7, 11) is 0. The molecule has 5 rings (SSSR count). The molecule has 1 atom stereocenters. The number of thiophene rings is 1. The van der Waals surface area contributed by atoms with Crippen LogP contribution in [0.3, 0.4) is 0 Å². The first-order valence-corrected chi connectivity index (χ1v) is 10.2. The Morgan fingerprint density at radius 2 is 2.07 bits per heavy atom. The van der Waals surface area contributed by atoms with Crippen molar-refractivity contribution in [2.24, 2.45) is 0 Å². The lowest BCUT2D eigenvalue weighted by Crippen LogP contribution is -2.46. The van der Waals surface area contributed by atoms with Crippen molar-refractivity contribution in [2.45, 2.75) is 31.7 Å². The van der Waals surface area contributed by atoms with Gasteiger partial charge in [-0.25, -0.2) is 4.79 Å². The number of aromatic nitrogens is 1. The van der Waals surface area contributed by atoms with E-state index >= 15 is 0 Å². The molecular formula is C21H19N3O3S. The number of para-hydroxylation sites is 1. The van der Waals surface area contributed by atoms with Crippen molar-refractivity contribution < 1.29 is 14.4 Å². The molecule has 0 bridgehead atoms. The third kappa shape index (κ3) is 2.29. The van der Waals surface area contributed by atoms with Crippen LogP contribution in [0.25, 0.3) is 10.9 Å². The van der Waals surface area contributed by atoms with Gasteiger partial charge in [-0.15, -0.1) is 11.3 Å². The van der Waals surface area contributed by atoms with E-state index in [1.54, 1.807) is 11.3 Å². The number of aryl methyl sites for hydroxylation is 2. The van der Waals surface area contributed by atoms with E-state index in [0.717, 1.165) is 44.8 Å². The van der Waals surface area contributed by atoms with Crippen LogP contribution in [0.1, 0.15) is 39.3 Å². The fourth-order valence-electron chi connectivity index (χ4n) is 4.54. The van der Waals surface area contributed by atoms with Gasteiger partial charge >= 0.3 is 6.03 Å². The van der Waals surface area contributed by atoms with Crippen molar-refractivity contribution in [3.05, 3.63) is 57.4 Å². The molecule has 142 valence electrons. The van der Waals surface area contributed by atoms with Crippen molar-refractivity contribution in [1.82, 2.24) is 15.2 Å². The summed E-state index contributed by atoms with van der Waals surface area (Å²) < 4.78 is 0. The van der Waals surface area contributed by atoms with Gasteiger partial charge in [0, 0.05) is 32.6 Å². The Kier molecular flexibility index (Phi) is 3.71. The van der Waals surface area contributed by atoms with Crippen molar-refractivity contribution in [3.8, 4) is 0 Å².